The predicted octanol–water partition coefficient (Wildman–Crippen LogP) is 4.75. The third-order valence-corrected chi connectivity index (χ3v) is 4.71. The van der Waals surface area contributed by atoms with Gasteiger partial charge < -0.3 is 5.73 Å². The average molecular weight is 345 g/mol. The van der Waals surface area contributed by atoms with Crippen molar-refractivity contribution < 1.29 is 0 Å². The molecule has 3 rings (SSSR count). The van der Waals surface area contributed by atoms with Crippen LogP contribution in [0, 0.1) is 0 Å². The lowest BCUT2D eigenvalue weighted by atomic mass is 10.1. The first kappa shape index (κ1) is 13.3. The average Bonchev–Trinajstić information content (AvgIpc) is 2.90. The second kappa shape index (κ2) is 5.77. The second-order valence-corrected chi connectivity index (χ2v) is 6.28. The van der Waals surface area contributed by atoms with Gasteiger partial charge in [-0.05, 0) is 17.7 Å². The third kappa shape index (κ3) is 2.76. The first-order chi connectivity index (χ1) is 9.74. The van der Waals surface area contributed by atoms with E-state index in [0.29, 0.717) is 0 Å². The maximum atomic E-state index is 6.00. The molecule has 20 heavy (non-hydrogen) atoms. The van der Waals surface area contributed by atoms with E-state index in [4.69, 9.17) is 10.7 Å². The highest BCUT2D eigenvalue weighted by atomic mass is 79.9. The van der Waals surface area contributed by atoms with Crippen molar-refractivity contribution >= 4 is 33.0 Å². The lowest BCUT2D eigenvalue weighted by molar-refractivity contribution is 1.13. The topological polar surface area (TPSA) is 38.9 Å². The molecule has 0 saturated carbocycles. The minimum absolute atomic E-state index is 0.769. The van der Waals surface area contributed by atoms with Crippen molar-refractivity contribution in [2.45, 2.75) is 6.42 Å². The van der Waals surface area contributed by atoms with E-state index in [2.05, 4.69) is 33.4 Å². The van der Waals surface area contributed by atoms with Crippen molar-refractivity contribution in [3.8, 4) is 11.3 Å². The fourth-order valence-electron chi connectivity index (χ4n) is 2.05. The Bertz CT molecular complexity index is 737. The Morgan fingerprint density at radius 3 is 2.60 bits per heavy atom. The second-order valence-electron chi connectivity index (χ2n) is 4.48. The number of rotatable bonds is 3. The van der Waals surface area contributed by atoms with Gasteiger partial charge in [0.05, 0.1) is 10.7 Å². The zero-order chi connectivity index (χ0) is 13.9. The van der Waals surface area contributed by atoms with Crippen LogP contribution < -0.4 is 5.73 Å². The number of nitrogens with zero attached hydrogens (tertiary/aromatic N) is 1. The van der Waals surface area contributed by atoms with Crippen molar-refractivity contribution in [1.82, 2.24) is 4.98 Å². The number of halogens is 1. The lowest BCUT2D eigenvalue weighted by Crippen LogP contribution is -1.91. The Labute approximate surface area is 130 Å². The van der Waals surface area contributed by atoms with Gasteiger partial charge in [0, 0.05) is 27.5 Å². The number of hydrogen-bond donors (Lipinski definition) is 1. The summed E-state index contributed by atoms with van der Waals surface area (Å²) in [6.07, 6.45) is 0.832. The minimum Gasteiger partial charge on any atom is -0.398 e. The largest absolute Gasteiger partial charge is 0.398 e. The quantitative estimate of drug-likeness (QED) is 0.696. The van der Waals surface area contributed by atoms with Gasteiger partial charge in [-0.1, -0.05) is 52.3 Å². The number of nitrogens with two attached hydrogens (primary N) is 1. The van der Waals surface area contributed by atoms with Crippen LogP contribution in [0.2, 0.25) is 0 Å². The summed E-state index contributed by atoms with van der Waals surface area (Å²) >= 11 is 5.24. The molecular weight excluding hydrogens is 332 g/mol. The fraction of sp³-hybridized carbons (Fsp3) is 0.0625. The Morgan fingerprint density at radius 1 is 1.05 bits per heavy atom. The molecule has 0 aliphatic heterocycles. The van der Waals surface area contributed by atoms with Gasteiger partial charge in [0.15, 0.2) is 0 Å². The van der Waals surface area contributed by atoms with Gasteiger partial charge in [-0.25, -0.2) is 4.98 Å². The summed E-state index contributed by atoms with van der Waals surface area (Å²) in [5, 5.41) is 3.16. The van der Waals surface area contributed by atoms with E-state index in [9.17, 15) is 0 Å². The maximum absolute atomic E-state index is 6.00. The minimum atomic E-state index is 0.769. The molecule has 0 atom stereocenters. The smallest absolute Gasteiger partial charge is 0.0976 e. The van der Waals surface area contributed by atoms with Gasteiger partial charge in [-0.3, -0.25) is 0 Å². The van der Waals surface area contributed by atoms with Crippen LogP contribution in [-0.4, -0.2) is 4.98 Å². The molecule has 2 aromatic carbocycles. The highest BCUT2D eigenvalue weighted by Gasteiger charge is 2.08. The zero-order valence-corrected chi connectivity index (χ0v) is 13.1. The van der Waals surface area contributed by atoms with E-state index in [0.717, 1.165) is 32.8 Å². The highest BCUT2D eigenvalue weighted by molar-refractivity contribution is 9.10. The molecule has 0 amide bonds. The standard InChI is InChI=1S/C16H13BrN2S/c17-13-7-3-1-5-11(13)9-16-19-15(10-20-16)12-6-2-4-8-14(12)18/h1-8,10H,9,18H2. The number of nitrogen functional groups attached to an aromatic ring is 1. The Hall–Kier alpha value is -1.65. The van der Waals surface area contributed by atoms with Gasteiger partial charge in [-0.15, -0.1) is 11.3 Å². The molecule has 3 aromatic rings. The first-order valence-corrected chi connectivity index (χ1v) is 7.94. The third-order valence-electron chi connectivity index (χ3n) is 3.09. The number of anilines is 1. The summed E-state index contributed by atoms with van der Waals surface area (Å²) in [6, 6.07) is 16.1. The fourth-order valence-corrected chi connectivity index (χ4v) is 3.29. The highest BCUT2D eigenvalue weighted by Crippen LogP contribution is 2.28. The summed E-state index contributed by atoms with van der Waals surface area (Å²) in [4.78, 5) is 4.70. The van der Waals surface area contributed by atoms with Gasteiger partial charge in [0.1, 0.15) is 0 Å². The molecule has 2 nitrogen and oxygen atoms in total. The number of thiazole rings is 1. The molecule has 4 heteroatoms. The first-order valence-electron chi connectivity index (χ1n) is 6.27. The van der Waals surface area contributed by atoms with Crippen molar-refractivity contribution in [3.63, 3.8) is 0 Å². The van der Waals surface area contributed by atoms with Crippen molar-refractivity contribution in [2.24, 2.45) is 0 Å². The SMILES string of the molecule is Nc1ccccc1-c1csc(Cc2ccccc2Br)n1. The number of aromatic nitrogens is 1. The van der Waals surface area contributed by atoms with Crippen molar-refractivity contribution in [3.05, 3.63) is 69.0 Å². The predicted molar refractivity (Wildman–Crippen MR) is 88.9 cm³/mol. The number of benzene rings is 2. The number of para-hydroxylation sites is 1. The molecule has 0 aliphatic rings. The monoisotopic (exact) mass is 344 g/mol. The molecule has 0 saturated heterocycles. The van der Waals surface area contributed by atoms with Gasteiger partial charge in [-0.2, -0.15) is 0 Å². The van der Waals surface area contributed by atoms with Crippen LogP contribution in [0.1, 0.15) is 10.6 Å². The molecule has 0 unspecified atom stereocenters. The summed E-state index contributed by atoms with van der Waals surface area (Å²) in [5.41, 5.74) is 9.97. The molecule has 0 aliphatic carbocycles. The molecule has 1 aromatic heterocycles. The van der Waals surface area contributed by atoms with Gasteiger partial charge in [0.2, 0.25) is 0 Å². The van der Waals surface area contributed by atoms with Crippen LogP contribution in [0.25, 0.3) is 11.3 Å². The van der Waals surface area contributed by atoms with Crippen molar-refractivity contribution in [2.75, 3.05) is 5.73 Å². The molecule has 100 valence electrons. The van der Waals surface area contributed by atoms with E-state index in [1.54, 1.807) is 11.3 Å². The van der Waals surface area contributed by atoms with Crippen LogP contribution in [0.3, 0.4) is 0 Å². The molecule has 2 N–H and O–H groups in total. The normalized spacial score (nSPS) is 10.7. The van der Waals surface area contributed by atoms with E-state index in [1.807, 2.05) is 36.4 Å². The van der Waals surface area contributed by atoms with Gasteiger partial charge in [0.25, 0.3) is 0 Å². The van der Waals surface area contributed by atoms with Crippen molar-refractivity contribution in [1.29, 1.82) is 0 Å². The summed E-state index contributed by atoms with van der Waals surface area (Å²) in [5.74, 6) is 0. The van der Waals surface area contributed by atoms with E-state index < -0.39 is 0 Å². The molecule has 0 spiro atoms. The molecule has 0 radical (unpaired) electrons. The Balaban J connectivity index is 1.88. The Kier molecular flexibility index (Phi) is 3.85. The number of hydrogen-bond acceptors (Lipinski definition) is 3. The molecular formula is C16H13BrN2S. The van der Waals surface area contributed by atoms with Crippen LogP contribution in [0.4, 0.5) is 5.69 Å². The van der Waals surface area contributed by atoms with Crippen LogP contribution >= 0.6 is 27.3 Å². The van der Waals surface area contributed by atoms with E-state index in [1.165, 1.54) is 5.56 Å². The Morgan fingerprint density at radius 2 is 1.80 bits per heavy atom. The van der Waals surface area contributed by atoms with E-state index >= 15 is 0 Å². The van der Waals surface area contributed by atoms with Crippen LogP contribution in [-0.2, 0) is 6.42 Å². The van der Waals surface area contributed by atoms with Gasteiger partial charge >= 0.3 is 0 Å². The molecule has 1 heterocycles. The summed E-state index contributed by atoms with van der Waals surface area (Å²) in [6.45, 7) is 0. The summed E-state index contributed by atoms with van der Waals surface area (Å²) in [7, 11) is 0. The van der Waals surface area contributed by atoms with Crippen LogP contribution in [0.5, 0.6) is 0 Å². The van der Waals surface area contributed by atoms with E-state index in [-0.39, 0.29) is 0 Å². The maximum Gasteiger partial charge on any atom is 0.0976 e. The molecule has 0 bridgehead atoms. The van der Waals surface area contributed by atoms with Crippen LogP contribution in [0.15, 0.2) is 58.4 Å². The zero-order valence-electron chi connectivity index (χ0n) is 10.7. The summed E-state index contributed by atoms with van der Waals surface area (Å²) < 4.78 is 1.12. The molecule has 0 fully saturated rings. The lowest BCUT2D eigenvalue weighted by Gasteiger charge is -2.02.